The molecular formula is C16H15F3N2O4S. The number of hydrogen-bond acceptors (Lipinski definition) is 5. The molecule has 1 aromatic carbocycles. The monoisotopic (exact) mass is 388 g/mol. The zero-order chi connectivity index (χ0) is 19.4. The van der Waals surface area contributed by atoms with E-state index in [4.69, 9.17) is 0 Å². The number of carbonyl (C=O) groups is 2. The predicted octanol–water partition coefficient (Wildman–Crippen LogP) is 2.61. The standard InChI is InChI=1S/C16H15F3N2O4S/c1-15(24,12-3-2-8-26-12)9-20-13(22)14(23)21-10-4-6-11(7-5-10)25-16(17,18)19/h2-8,24H,9H2,1H3,(H,20,22)(H,21,23)/t15-/m1/s1. The topological polar surface area (TPSA) is 87.7 Å². The molecule has 0 aliphatic carbocycles. The number of hydrogen-bond donors (Lipinski definition) is 3. The third-order valence-corrected chi connectivity index (χ3v) is 4.32. The number of aliphatic hydroxyl groups is 1. The summed E-state index contributed by atoms with van der Waals surface area (Å²) in [7, 11) is 0. The highest BCUT2D eigenvalue weighted by Gasteiger charge is 2.31. The molecule has 0 radical (unpaired) electrons. The molecule has 0 aliphatic heterocycles. The predicted molar refractivity (Wildman–Crippen MR) is 88.7 cm³/mol. The van der Waals surface area contributed by atoms with Crippen LogP contribution in [0.1, 0.15) is 11.8 Å². The Morgan fingerprint density at radius 3 is 2.35 bits per heavy atom. The normalized spacial score (nSPS) is 13.6. The van der Waals surface area contributed by atoms with E-state index < -0.39 is 29.5 Å². The number of amides is 2. The smallest absolute Gasteiger partial charge is 0.406 e. The van der Waals surface area contributed by atoms with Crippen molar-refractivity contribution in [3.63, 3.8) is 0 Å². The Morgan fingerprint density at radius 1 is 1.15 bits per heavy atom. The van der Waals surface area contributed by atoms with Gasteiger partial charge in [-0.15, -0.1) is 24.5 Å². The first-order chi connectivity index (χ1) is 12.1. The molecule has 0 fully saturated rings. The summed E-state index contributed by atoms with van der Waals surface area (Å²) >= 11 is 1.30. The quantitative estimate of drug-likeness (QED) is 0.687. The second-order valence-corrected chi connectivity index (χ2v) is 6.41. The fourth-order valence-electron chi connectivity index (χ4n) is 1.93. The number of rotatable bonds is 5. The van der Waals surface area contributed by atoms with Crippen LogP contribution in [0, 0.1) is 0 Å². The minimum atomic E-state index is -4.82. The summed E-state index contributed by atoms with van der Waals surface area (Å²) in [6, 6.07) is 7.77. The van der Waals surface area contributed by atoms with E-state index in [9.17, 15) is 27.9 Å². The van der Waals surface area contributed by atoms with Gasteiger partial charge < -0.3 is 20.5 Å². The number of nitrogens with one attached hydrogen (secondary N) is 2. The van der Waals surface area contributed by atoms with Crippen LogP contribution in [0.2, 0.25) is 0 Å². The summed E-state index contributed by atoms with van der Waals surface area (Å²) in [5, 5.41) is 16.6. The lowest BCUT2D eigenvalue weighted by atomic mass is 10.1. The average molecular weight is 388 g/mol. The number of anilines is 1. The van der Waals surface area contributed by atoms with Crippen molar-refractivity contribution < 1.29 is 32.6 Å². The Labute approximate surface area is 150 Å². The maximum atomic E-state index is 12.1. The molecular weight excluding hydrogens is 373 g/mol. The van der Waals surface area contributed by atoms with E-state index in [1.165, 1.54) is 18.3 Å². The molecule has 1 heterocycles. The summed E-state index contributed by atoms with van der Waals surface area (Å²) in [5.74, 6) is -2.46. The first-order valence-corrected chi connectivity index (χ1v) is 8.16. The molecule has 10 heteroatoms. The van der Waals surface area contributed by atoms with Crippen LogP contribution in [0.3, 0.4) is 0 Å². The average Bonchev–Trinajstić information content (AvgIpc) is 3.08. The fourth-order valence-corrected chi connectivity index (χ4v) is 2.72. The summed E-state index contributed by atoms with van der Waals surface area (Å²) < 4.78 is 39.9. The highest BCUT2D eigenvalue weighted by Crippen LogP contribution is 2.25. The fraction of sp³-hybridized carbons (Fsp3) is 0.250. The van der Waals surface area contributed by atoms with Crippen molar-refractivity contribution in [3.05, 3.63) is 46.7 Å². The molecule has 2 aromatic rings. The largest absolute Gasteiger partial charge is 0.573 e. The van der Waals surface area contributed by atoms with Gasteiger partial charge in [-0.3, -0.25) is 9.59 Å². The Kier molecular flexibility index (Phi) is 5.88. The number of benzene rings is 1. The van der Waals surface area contributed by atoms with Gasteiger partial charge in [-0.1, -0.05) is 6.07 Å². The summed E-state index contributed by atoms with van der Waals surface area (Å²) in [5.41, 5.74) is -1.22. The van der Waals surface area contributed by atoms with Gasteiger partial charge in [0.05, 0.1) is 6.54 Å². The lowest BCUT2D eigenvalue weighted by Crippen LogP contribution is -2.42. The second-order valence-electron chi connectivity index (χ2n) is 5.46. The molecule has 0 saturated heterocycles. The SMILES string of the molecule is C[C@@](O)(CNC(=O)C(=O)Nc1ccc(OC(F)(F)F)cc1)c1cccs1. The van der Waals surface area contributed by atoms with Gasteiger partial charge in [0.2, 0.25) is 0 Å². The van der Waals surface area contributed by atoms with Gasteiger partial charge in [-0.2, -0.15) is 0 Å². The van der Waals surface area contributed by atoms with E-state index in [0.29, 0.717) is 4.88 Å². The van der Waals surface area contributed by atoms with Crippen LogP contribution < -0.4 is 15.4 Å². The molecule has 0 unspecified atom stereocenters. The maximum Gasteiger partial charge on any atom is 0.573 e. The van der Waals surface area contributed by atoms with Gasteiger partial charge in [-0.25, -0.2) is 0 Å². The van der Waals surface area contributed by atoms with Crippen molar-refractivity contribution >= 4 is 28.8 Å². The Balaban J connectivity index is 1.88. The summed E-state index contributed by atoms with van der Waals surface area (Å²) in [6.45, 7) is 1.31. The van der Waals surface area contributed by atoms with Gasteiger partial charge in [0, 0.05) is 10.6 Å². The first kappa shape index (κ1) is 19.7. The molecule has 0 bridgehead atoms. The van der Waals surface area contributed by atoms with E-state index in [2.05, 4.69) is 15.4 Å². The number of alkyl halides is 3. The highest BCUT2D eigenvalue weighted by molar-refractivity contribution is 7.10. The lowest BCUT2D eigenvalue weighted by Gasteiger charge is -2.22. The van der Waals surface area contributed by atoms with Crippen LogP contribution in [0.5, 0.6) is 5.75 Å². The van der Waals surface area contributed by atoms with Gasteiger partial charge in [-0.05, 0) is 42.6 Å². The van der Waals surface area contributed by atoms with Gasteiger partial charge in [0.25, 0.3) is 0 Å². The molecule has 140 valence electrons. The zero-order valence-electron chi connectivity index (χ0n) is 13.5. The third kappa shape index (κ3) is 5.74. The van der Waals surface area contributed by atoms with Gasteiger partial charge >= 0.3 is 18.2 Å². The molecule has 0 spiro atoms. The zero-order valence-corrected chi connectivity index (χ0v) is 14.3. The highest BCUT2D eigenvalue weighted by atomic mass is 32.1. The molecule has 3 N–H and O–H groups in total. The van der Waals surface area contributed by atoms with Crippen molar-refractivity contribution in [2.45, 2.75) is 18.9 Å². The van der Waals surface area contributed by atoms with Crippen LogP contribution >= 0.6 is 11.3 Å². The first-order valence-electron chi connectivity index (χ1n) is 7.28. The molecule has 6 nitrogen and oxygen atoms in total. The maximum absolute atomic E-state index is 12.1. The van der Waals surface area contributed by atoms with Gasteiger partial charge in [0.1, 0.15) is 11.4 Å². The van der Waals surface area contributed by atoms with E-state index in [1.807, 2.05) is 0 Å². The third-order valence-electron chi connectivity index (χ3n) is 3.20. The summed E-state index contributed by atoms with van der Waals surface area (Å²) in [6.07, 6.45) is -4.82. The number of carbonyl (C=O) groups excluding carboxylic acids is 2. The molecule has 2 rings (SSSR count). The summed E-state index contributed by atoms with van der Waals surface area (Å²) in [4.78, 5) is 24.3. The molecule has 1 atom stereocenters. The van der Waals surface area contributed by atoms with Crippen LogP contribution in [-0.4, -0.2) is 29.8 Å². The van der Waals surface area contributed by atoms with Crippen LogP contribution in [0.25, 0.3) is 0 Å². The molecule has 26 heavy (non-hydrogen) atoms. The van der Waals surface area contributed by atoms with Crippen molar-refractivity contribution in [2.24, 2.45) is 0 Å². The van der Waals surface area contributed by atoms with Crippen LogP contribution in [0.4, 0.5) is 18.9 Å². The number of halogens is 3. The number of thiophene rings is 1. The minimum Gasteiger partial charge on any atom is -0.406 e. The Hall–Kier alpha value is -2.59. The molecule has 0 saturated carbocycles. The second kappa shape index (κ2) is 7.75. The van der Waals surface area contributed by atoms with Crippen LogP contribution in [0.15, 0.2) is 41.8 Å². The molecule has 0 aliphatic rings. The minimum absolute atomic E-state index is 0.115. The van der Waals surface area contributed by atoms with Crippen molar-refractivity contribution in [2.75, 3.05) is 11.9 Å². The Bertz CT molecular complexity index is 759. The number of ether oxygens (including phenoxy) is 1. The van der Waals surface area contributed by atoms with E-state index in [0.717, 1.165) is 24.3 Å². The van der Waals surface area contributed by atoms with E-state index >= 15 is 0 Å². The van der Waals surface area contributed by atoms with Gasteiger partial charge in [0.15, 0.2) is 0 Å². The lowest BCUT2D eigenvalue weighted by molar-refractivity contribution is -0.274. The van der Waals surface area contributed by atoms with E-state index in [1.54, 1.807) is 17.5 Å². The molecule has 2 amide bonds. The van der Waals surface area contributed by atoms with Crippen molar-refractivity contribution in [3.8, 4) is 5.75 Å². The van der Waals surface area contributed by atoms with Crippen LogP contribution in [-0.2, 0) is 15.2 Å². The van der Waals surface area contributed by atoms with E-state index in [-0.39, 0.29) is 12.2 Å². The van der Waals surface area contributed by atoms with Crippen molar-refractivity contribution in [1.29, 1.82) is 0 Å². The Morgan fingerprint density at radius 2 is 1.81 bits per heavy atom. The van der Waals surface area contributed by atoms with Crippen molar-refractivity contribution in [1.82, 2.24) is 5.32 Å². The molecule has 1 aromatic heterocycles.